The van der Waals surface area contributed by atoms with Gasteiger partial charge in [0.15, 0.2) is 5.60 Å². The quantitative estimate of drug-likeness (QED) is 0.444. The number of rotatable bonds is 9. The number of benzene rings is 2. The van der Waals surface area contributed by atoms with E-state index in [1.807, 2.05) is 6.92 Å². The molecular weight excluding hydrogens is 400 g/mol. The summed E-state index contributed by atoms with van der Waals surface area (Å²) >= 11 is 0. The number of aromatic nitrogens is 1. The van der Waals surface area contributed by atoms with Crippen molar-refractivity contribution in [2.24, 2.45) is 5.73 Å². The van der Waals surface area contributed by atoms with Gasteiger partial charge in [0.25, 0.3) is 0 Å². The third kappa shape index (κ3) is 5.62. The van der Waals surface area contributed by atoms with Crippen LogP contribution in [-0.2, 0) is 11.2 Å². The van der Waals surface area contributed by atoms with Gasteiger partial charge in [-0.2, -0.15) is 0 Å². The molecule has 4 N–H and O–H groups in total. The number of ether oxygens (including phenoxy) is 2. The van der Waals surface area contributed by atoms with Gasteiger partial charge in [-0.25, -0.2) is 9.78 Å². The largest absolute Gasteiger partial charge is 0.493 e. The molecule has 3 rings (SSSR count). The maximum absolute atomic E-state index is 11.2. The summed E-state index contributed by atoms with van der Waals surface area (Å²) in [5.74, 6) is 1.25. The SMILES string of the molecule is Cc1oc(-c2ccc(C(N)O)cc2)nc1CCOc1ccc(OC(C)(C)C(=O)O)cc1. The Labute approximate surface area is 180 Å². The van der Waals surface area contributed by atoms with E-state index in [4.69, 9.17) is 24.7 Å². The molecule has 3 aromatic rings. The first-order valence-corrected chi connectivity index (χ1v) is 9.81. The minimum atomic E-state index is -1.31. The Kier molecular flexibility index (Phi) is 6.62. The summed E-state index contributed by atoms with van der Waals surface area (Å²) in [5.41, 5.74) is 6.34. The van der Waals surface area contributed by atoms with Crippen molar-refractivity contribution in [3.05, 3.63) is 65.5 Å². The minimum Gasteiger partial charge on any atom is -0.493 e. The highest BCUT2D eigenvalue weighted by atomic mass is 16.5. The molecule has 0 saturated carbocycles. The lowest BCUT2D eigenvalue weighted by Gasteiger charge is -2.21. The molecule has 0 aliphatic carbocycles. The van der Waals surface area contributed by atoms with Gasteiger partial charge >= 0.3 is 5.97 Å². The van der Waals surface area contributed by atoms with Crippen LogP contribution in [0.3, 0.4) is 0 Å². The number of aliphatic hydroxyl groups excluding tert-OH is 1. The molecule has 8 nitrogen and oxygen atoms in total. The number of carboxylic acids is 1. The zero-order valence-electron chi connectivity index (χ0n) is 17.7. The van der Waals surface area contributed by atoms with Gasteiger partial charge in [0.2, 0.25) is 5.89 Å². The number of hydrogen-bond donors (Lipinski definition) is 3. The van der Waals surface area contributed by atoms with Crippen LogP contribution in [0.4, 0.5) is 0 Å². The molecule has 164 valence electrons. The standard InChI is InChI=1S/C23H26N2O6/c1-14-19(25-21(30-14)16-6-4-15(5-7-16)20(24)26)12-13-29-17-8-10-18(11-9-17)31-23(2,3)22(27)28/h4-11,20,26H,12-13,24H2,1-3H3,(H,27,28). The molecule has 8 heteroatoms. The van der Waals surface area contributed by atoms with Crippen molar-refractivity contribution in [2.75, 3.05) is 6.61 Å². The number of oxazole rings is 1. The lowest BCUT2D eigenvalue weighted by molar-refractivity contribution is -0.152. The normalized spacial score (nSPS) is 12.4. The van der Waals surface area contributed by atoms with Gasteiger partial charge in [-0.3, -0.25) is 0 Å². The second-order valence-electron chi connectivity index (χ2n) is 7.58. The van der Waals surface area contributed by atoms with Crippen LogP contribution in [0.25, 0.3) is 11.5 Å². The molecule has 0 saturated heterocycles. The molecular formula is C23H26N2O6. The predicted molar refractivity (Wildman–Crippen MR) is 114 cm³/mol. The summed E-state index contributed by atoms with van der Waals surface area (Å²) in [7, 11) is 0. The Bertz CT molecular complexity index is 1020. The molecule has 1 unspecified atom stereocenters. The Hall–Kier alpha value is -3.36. The van der Waals surface area contributed by atoms with Crippen molar-refractivity contribution in [3.8, 4) is 23.0 Å². The van der Waals surface area contributed by atoms with Crippen LogP contribution in [-0.4, -0.2) is 33.4 Å². The summed E-state index contributed by atoms with van der Waals surface area (Å²) in [5, 5.41) is 18.5. The molecule has 0 spiro atoms. The van der Waals surface area contributed by atoms with E-state index in [-0.39, 0.29) is 0 Å². The maximum Gasteiger partial charge on any atom is 0.347 e. The van der Waals surface area contributed by atoms with E-state index in [0.717, 1.165) is 11.3 Å². The van der Waals surface area contributed by atoms with Gasteiger partial charge in [-0.15, -0.1) is 0 Å². The third-order valence-corrected chi connectivity index (χ3v) is 4.71. The van der Waals surface area contributed by atoms with Crippen molar-refractivity contribution in [1.29, 1.82) is 0 Å². The average molecular weight is 426 g/mol. The van der Waals surface area contributed by atoms with E-state index in [1.165, 1.54) is 13.8 Å². The monoisotopic (exact) mass is 426 g/mol. The van der Waals surface area contributed by atoms with E-state index < -0.39 is 17.8 Å². The Balaban J connectivity index is 1.57. The van der Waals surface area contributed by atoms with Crippen molar-refractivity contribution >= 4 is 5.97 Å². The van der Waals surface area contributed by atoms with Gasteiger partial charge in [0.1, 0.15) is 23.5 Å². The number of carboxylic acid groups (broad SMARTS) is 1. The molecule has 2 aromatic carbocycles. The van der Waals surface area contributed by atoms with Crippen molar-refractivity contribution in [3.63, 3.8) is 0 Å². The highest BCUT2D eigenvalue weighted by Crippen LogP contribution is 2.25. The smallest absolute Gasteiger partial charge is 0.347 e. The van der Waals surface area contributed by atoms with Crippen molar-refractivity contribution in [2.45, 2.75) is 39.0 Å². The van der Waals surface area contributed by atoms with Crippen LogP contribution in [0, 0.1) is 6.92 Å². The summed E-state index contributed by atoms with van der Waals surface area (Å²) < 4.78 is 17.0. The van der Waals surface area contributed by atoms with Crippen LogP contribution < -0.4 is 15.2 Å². The second-order valence-corrected chi connectivity index (χ2v) is 7.58. The van der Waals surface area contributed by atoms with Crippen molar-refractivity contribution < 1.29 is 28.9 Å². The van der Waals surface area contributed by atoms with E-state index in [1.54, 1.807) is 48.5 Å². The Morgan fingerprint density at radius 1 is 1.13 bits per heavy atom. The Morgan fingerprint density at radius 2 is 1.74 bits per heavy atom. The molecule has 0 bridgehead atoms. The fourth-order valence-electron chi connectivity index (χ4n) is 2.81. The highest BCUT2D eigenvalue weighted by molar-refractivity contribution is 5.76. The van der Waals surface area contributed by atoms with Crippen LogP contribution in [0.5, 0.6) is 11.5 Å². The van der Waals surface area contributed by atoms with Crippen LogP contribution in [0.1, 0.15) is 37.1 Å². The van der Waals surface area contributed by atoms with Gasteiger partial charge in [-0.05, 0) is 62.7 Å². The summed E-state index contributed by atoms with van der Waals surface area (Å²) in [6, 6.07) is 13.8. The van der Waals surface area contributed by atoms with E-state index >= 15 is 0 Å². The average Bonchev–Trinajstić information content (AvgIpc) is 3.09. The molecule has 0 amide bonds. The van der Waals surface area contributed by atoms with E-state index in [0.29, 0.717) is 41.7 Å². The molecule has 0 fully saturated rings. The minimum absolute atomic E-state index is 0.395. The number of aliphatic carboxylic acids is 1. The number of aliphatic hydroxyl groups is 1. The van der Waals surface area contributed by atoms with Gasteiger partial charge in [0, 0.05) is 12.0 Å². The van der Waals surface area contributed by atoms with E-state index in [2.05, 4.69) is 4.98 Å². The molecule has 31 heavy (non-hydrogen) atoms. The zero-order valence-corrected chi connectivity index (χ0v) is 17.7. The predicted octanol–water partition coefficient (Wildman–Crippen LogP) is 3.46. The number of nitrogens with two attached hydrogens (primary N) is 1. The van der Waals surface area contributed by atoms with Gasteiger partial charge in [0.05, 0.1) is 12.3 Å². The lowest BCUT2D eigenvalue weighted by atomic mass is 10.1. The highest BCUT2D eigenvalue weighted by Gasteiger charge is 2.29. The molecule has 0 aliphatic heterocycles. The third-order valence-electron chi connectivity index (χ3n) is 4.71. The van der Waals surface area contributed by atoms with E-state index in [9.17, 15) is 9.90 Å². The fourth-order valence-corrected chi connectivity index (χ4v) is 2.81. The van der Waals surface area contributed by atoms with Crippen LogP contribution >= 0.6 is 0 Å². The molecule has 0 radical (unpaired) electrons. The maximum atomic E-state index is 11.2. The van der Waals surface area contributed by atoms with Gasteiger partial charge < -0.3 is 29.8 Å². The first-order valence-electron chi connectivity index (χ1n) is 9.81. The molecule has 0 aliphatic rings. The topological polar surface area (TPSA) is 128 Å². The summed E-state index contributed by atoms with van der Waals surface area (Å²) in [6.07, 6.45) is -0.462. The summed E-state index contributed by atoms with van der Waals surface area (Å²) in [6.45, 7) is 5.22. The van der Waals surface area contributed by atoms with Crippen molar-refractivity contribution in [1.82, 2.24) is 4.98 Å². The first kappa shape index (κ1) is 22.3. The number of hydrogen-bond acceptors (Lipinski definition) is 7. The number of aryl methyl sites for hydroxylation is 1. The van der Waals surface area contributed by atoms with Crippen LogP contribution in [0.2, 0.25) is 0 Å². The lowest BCUT2D eigenvalue weighted by Crippen LogP contribution is -2.37. The second kappa shape index (κ2) is 9.20. The fraction of sp³-hybridized carbons (Fsp3) is 0.304. The zero-order chi connectivity index (χ0) is 22.6. The molecule has 1 atom stereocenters. The number of nitrogens with zero attached hydrogens (tertiary/aromatic N) is 1. The first-order chi connectivity index (χ1) is 14.7. The molecule has 1 heterocycles. The summed E-state index contributed by atoms with van der Waals surface area (Å²) in [4.78, 5) is 15.7. The van der Waals surface area contributed by atoms with Crippen LogP contribution in [0.15, 0.2) is 52.9 Å². The molecule has 1 aromatic heterocycles. The number of carbonyl (C=O) groups is 1. The Morgan fingerprint density at radius 3 is 2.32 bits per heavy atom. The van der Waals surface area contributed by atoms with Gasteiger partial charge in [-0.1, -0.05) is 12.1 Å².